The molecule has 2 radical (unpaired) electrons. The van der Waals surface area contributed by atoms with E-state index in [9.17, 15) is 0 Å². The van der Waals surface area contributed by atoms with Crippen LogP contribution in [0.4, 0.5) is 0 Å². The summed E-state index contributed by atoms with van der Waals surface area (Å²) in [5.74, 6) is 0. The van der Waals surface area contributed by atoms with Crippen molar-refractivity contribution in [2.24, 2.45) is 0 Å². The van der Waals surface area contributed by atoms with E-state index < -0.39 is 0 Å². The van der Waals surface area contributed by atoms with E-state index in [0.717, 1.165) is 0 Å². The molecule has 30 valence electrons. The van der Waals surface area contributed by atoms with Gasteiger partial charge in [0.2, 0.25) is 0 Å². The molecule has 3 heteroatoms. The van der Waals surface area contributed by atoms with Gasteiger partial charge in [0.15, 0.2) is 0 Å². The van der Waals surface area contributed by atoms with Gasteiger partial charge in [-0.3, -0.25) is 0 Å². The van der Waals surface area contributed by atoms with E-state index >= 15 is 0 Å². The summed E-state index contributed by atoms with van der Waals surface area (Å²) in [5, 5.41) is 0. The molecule has 0 nitrogen and oxygen atoms in total. The van der Waals surface area contributed by atoms with E-state index in [-0.39, 0.29) is 12.9 Å². The van der Waals surface area contributed by atoms with Crippen LogP contribution in [0.1, 0.15) is 0 Å². The average Bonchev–Trinajstić information content (AvgIpc) is 1.61. The molecular weight excluding hydrogens is 254 g/mol. The summed E-state index contributed by atoms with van der Waals surface area (Å²) in [5.41, 5.74) is 0. The molecule has 0 atom stereocenters. The molecule has 0 heterocycles. The molecule has 6 heavy (non-hydrogen) atoms. The number of rotatable bonds is 2. The molecule has 0 aromatic heterocycles. The fourth-order valence-electron chi connectivity index (χ4n) is 0.128. The van der Waals surface area contributed by atoms with Crippen molar-refractivity contribution in [2.75, 3.05) is 0 Å². The van der Waals surface area contributed by atoms with E-state index in [2.05, 4.69) is 15.8 Å². The third kappa shape index (κ3) is 5.24. The van der Waals surface area contributed by atoms with Crippen LogP contribution in [-0.4, -0.2) is 47.9 Å². The van der Waals surface area contributed by atoms with Gasteiger partial charge in [-0.15, -0.1) is 0 Å². The first-order valence-corrected chi connectivity index (χ1v) is 13.1. The summed E-state index contributed by atoms with van der Waals surface area (Å²) in [4.78, 5) is 4.47. The normalized spacial score (nSPS) is 8.67. The molecule has 0 spiro atoms. The van der Waals surface area contributed by atoms with Crippen LogP contribution in [0, 0.1) is 0 Å². The van der Waals surface area contributed by atoms with Crippen molar-refractivity contribution in [3.05, 3.63) is 11.0 Å². The Morgan fingerprint density at radius 2 is 2.17 bits per heavy atom. The molecular formula is C3H6Ge3. The molecule has 0 saturated carbocycles. The summed E-state index contributed by atoms with van der Waals surface area (Å²) in [7, 11) is 0. The van der Waals surface area contributed by atoms with Crippen molar-refractivity contribution in [3.8, 4) is 0 Å². The Bertz CT molecular complexity index is 64.1. The second-order valence-corrected chi connectivity index (χ2v) is 7.39. The number of allylic oxidation sites excluding steroid dienone is 1. The van der Waals surface area contributed by atoms with Crippen LogP contribution in [0.5, 0.6) is 0 Å². The zero-order valence-electron chi connectivity index (χ0n) is 3.46. The first kappa shape index (κ1) is 7.24. The van der Waals surface area contributed by atoms with Crippen molar-refractivity contribution in [3.63, 3.8) is 0 Å². The van der Waals surface area contributed by atoms with Gasteiger partial charge >= 0.3 is 58.8 Å². The summed E-state index contributed by atoms with van der Waals surface area (Å²) < 4.78 is 0. The SMILES string of the molecule is [GeH]=[CH]C=[CH][GeH]=[GeH]. The third-order valence-corrected chi connectivity index (χ3v) is 4.15. The zero-order valence-corrected chi connectivity index (χ0v) is 10.7. The first-order chi connectivity index (χ1) is 2.91. The predicted octanol–water partition coefficient (Wildman–Crippen LogP) is -1.54. The van der Waals surface area contributed by atoms with E-state index in [1.165, 1.54) is 0 Å². The molecule has 0 aliphatic carbocycles. The minimum absolute atomic E-state index is 0.145. The van der Waals surface area contributed by atoms with E-state index in [1.54, 1.807) is 16.1 Å². The average molecular weight is 260 g/mol. The van der Waals surface area contributed by atoms with Crippen molar-refractivity contribution >= 4 is 47.9 Å². The molecule has 0 amide bonds. The van der Waals surface area contributed by atoms with Gasteiger partial charge < -0.3 is 0 Å². The molecule has 0 aromatic rings. The zero-order chi connectivity index (χ0) is 4.83. The summed E-state index contributed by atoms with van der Waals surface area (Å²) in [6.07, 6.45) is 2.17. The van der Waals surface area contributed by atoms with Gasteiger partial charge in [0.05, 0.1) is 0 Å². The topological polar surface area (TPSA) is 0 Å². The van der Waals surface area contributed by atoms with E-state index in [4.69, 9.17) is 0 Å². The Labute approximate surface area is 58.5 Å². The summed E-state index contributed by atoms with van der Waals surface area (Å²) in [6.45, 7) is 0. The van der Waals surface area contributed by atoms with Crippen LogP contribution in [0.3, 0.4) is 0 Å². The van der Waals surface area contributed by atoms with Crippen LogP contribution >= 0.6 is 0 Å². The molecule has 0 bridgehead atoms. The maximum atomic E-state index is 2.32. The van der Waals surface area contributed by atoms with Crippen LogP contribution in [0.15, 0.2) is 11.0 Å². The molecule has 0 aliphatic heterocycles. The molecule has 0 rings (SSSR count). The van der Waals surface area contributed by atoms with Crippen molar-refractivity contribution in [1.29, 1.82) is 0 Å². The van der Waals surface area contributed by atoms with E-state index in [0.29, 0.717) is 0 Å². The van der Waals surface area contributed by atoms with Gasteiger partial charge in [0.1, 0.15) is 0 Å². The second-order valence-electron chi connectivity index (χ2n) is 0.770. The number of hydrogen-bond acceptors (Lipinski definition) is 0. The fraction of sp³-hybridized carbons (Fsp3) is 0. The maximum absolute atomic E-state index is 2.32. The van der Waals surface area contributed by atoms with Crippen molar-refractivity contribution < 1.29 is 0 Å². The van der Waals surface area contributed by atoms with Crippen molar-refractivity contribution in [1.82, 2.24) is 0 Å². The predicted molar refractivity (Wildman–Crippen MR) is 36.7 cm³/mol. The Hall–Kier alpha value is 1.24. The molecule has 0 aromatic carbocycles. The first-order valence-electron chi connectivity index (χ1n) is 1.67. The van der Waals surface area contributed by atoms with Gasteiger partial charge in [-0.25, -0.2) is 0 Å². The Kier molecular flexibility index (Phi) is 7.53. The molecule has 0 N–H and O–H groups in total. The summed E-state index contributed by atoms with van der Waals surface area (Å²) >= 11 is 3.74. The molecule has 0 fully saturated rings. The molecule has 0 saturated heterocycles. The summed E-state index contributed by atoms with van der Waals surface area (Å²) in [6, 6.07) is 0. The Morgan fingerprint density at radius 3 is 2.33 bits per heavy atom. The van der Waals surface area contributed by atoms with E-state index in [1.807, 2.05) is 14.0 Å². The number of hydrogen-bond donors (Lipinski definition) is 0. The van der Waals surface area contributed by atoms with Gasteiger partial charge in [-0.05, 0) is 0 Å². The third-order valence-electron chi connectivity index (χ3n) is 0.333. The Balaban J connectivity index is 3.17. The van der Waals surface area contributed by atoms with Crippen LogP contribution < -0.4 is 0 Å². The van der Waals surface area contributed by atoms with Crippen LogP contribution in [0.2, 0.25) is 0 Å². The van der Waals surface area contributed by atoms with Gasteiger partial charge in [0.25, 0.3) is 0 Å². The van der Waals surface area contributed by atoms with Crippen LogP contribution in [-0.2, 0) is 0 Å². The van der Waals surface area contributed by atoms with Crippen LogP contribution in [0.25, 0.3) is 0 Å². The monoisotopic (exact) mass is 264 g/mol. The molecule has 0 aliphatic rings. The molecule has 0 unspecified atom stereocenters. The van der Waals surface area contributed by atoms with Gasteiger partial charge in [-0.1, -0.05) is 0 Å². The standard InChI is InChI=1S/C3H6Ge3/c4-2-1-3-6-5/h1-6H. The Morgan fingerprint density at radius 1 is 1.50 bits per heavy atom. The van der Waals surface area contributed by atoms with Crippen molar-refractivity contribution in [2.45, 2.75) is 0 Å². The van der Waals surface area contributed by atoms with Gasteiger partial charge in [0, 0.05) is 0 Å². The fourth-order valence-corrected chi connectivity index (χ4v) is 3.46. The quantitative estimate of drug-likeness (QED) is 0.528. The van der Waals surface area contributed by atoms with Gasteiger partial charge in [-0.2, -0.15) is 0 Å². The second kappa shape index (κ2) is 6.24. The minimum atomic E-state index is 0.145.